The zero-order valence-electron chi connectivity index (χ0n) is 9.80. The van der Waals surface area contributed by atoms with Crippen LogP contribution in [0.5, 0.6) is 5.75 Å². The Hall–Kier alpha value is -1.84. The summed E-state index contributed by atoms with van der Waals surface area (Å²) in [6.07, 6.45) is -0.419. The second-order valence-electron chi connectivity index (χ2n) is 4.11. The standard InChI is InChI=1S/C13H14O4/c1-8(14)7-10-9-5-3-4-6-11(9)17-12(10)13(15)16-2/h3-6,10,12H,7H2,1-2H3/t10-,12-/m0/s1. The van der Waals surface area contributed by atoms with Crippen molar-refractivity contribution in [3.63, 3.8) is 0 Å². The van der Waals surface area contributed by atoms with Gasteiger partial charge in [0.05, 0.1) is 7.11 Å². The van der Waals surface area contributed by atoms with Crippen molar-refractivity contribution in [3.8, 4) is 5.75 Å². The first-order valence-electron chi connectivity index (χ1n) is 5.46. The van der Waals surface area contributed by atoms with Gasteiger partial charge in [0.1, 0.15) is 11.5 Å². The fourth-order valence-corrected chi connectivity index (χ4v) is 2.13. The summed E-state index contributed by atoms with van der Waals surface area (Å²) in [6, 6.07) is 7.38. The molecule has 1 aromatic carbocycles. The third-order valence-electron chi connectivity index (χ3n) is 2.88. The molecule has 17 heavy (non-hydrogen) atoms. The third kappa shape index (κ3) is 2.16. The SMILES string of the molecule is COC(=O)[C@H]1Oc2ccccc2[C@@H]1CC(C)=O. The van der Waals surface area contributed by atoms with Gasteiger partial charge in [-0.1, -0.05) is 18.2 Å². The van der Waals surface area contributed by atoms with E-state index in [4.69, 9.17) is 9.47 Å². The fourth-order valence-electron chi connectivity index (χ4n) is 2.13. The number of ketones is 1. The van der Waals surface area contributed by atoms with Gasteiger partial charge >= 0.3 is 5.97 Å². The van der Waals surface area contributed by atoms with E-state index >= 15 is 0 Å². The van der Waals surface area contributed by atoms with Crippen LogP contribution in [0.25, 0.3) is 0 Å². The number of hydrogen-bond acceptors (Lipinski definition) is 4. The molecule has 2 atom stereocenters. The minimum absolute atomic E-state index is 0.0317. The van der Waals surface area contributed by atoms with Crippen molar-refractivity contribution in [2.75, 3.05) is 7.11 Å². The van der Waals surface area contributed by atoms with Crippen LogP contribution in [0.15, 0.2) is 24.3 Å². The quantitative estimate of drug-likeness (QED) is 0.747. The molecule has 0 saturated carbocycles. The molecular formula is C13H14O4. The van der Waals surface area contributed by atoms with Gasteiger partial charge in [0.25, 0.3) is 0 Å². The van der Waals surface area contributed by atoms with Gasteiger partial charge in [0, 0.05) is 17.9 Å². The lowest BCUT2D eigenvalue weighted by Crippen LogP contribution is -2.31. The number of fused-ring (bicyclic) bond motifs is 1. The molecule has 0 saturated heterocycles. The van der Waals surface area contributed by atoms with Gasteiger partial charge in [-0.05, 0) is 13.0 Å². The third-order valence-corrected chi connectivity index (χ3v) is 2.88. The highest BCUT2D eigenvalue weighted by atomic mass is 16.6. The van der Waals surface area contributed by atoms with Crippen molar-refractivity contribution in [3.05, 3.63) is 29.8 Å². The van der Waals surface area contributed by atoms with Crippen LogP contribution in [-0.2, 0) is 14.3 Å². The number of Topliss-reactive ketones (excluding diaryl/α,β-unsaturated/α-hetero) is 1. The number of carbonyl (C=O) groups excluding carboxylic acids is 2. The van der Waals surface area contributed by atoms with Crippen molar-refractivity contribution in [1.29, 1.82) is 0 Å². The molecule has 1 aliphatic heterocycles. The zero-order chi connectivity index (χ0) is 12.4. The molecule has 0 fully saturated rings. The Morgan fingerprint density at radius 1 is 1.35 bits per heavy atom. The molecule has 90 valence electrons. The zero-order valence-corrected chi connectivity index (χ0v) is 9.80. The Kier molecular flexibility index (Phi) is 3.13. The highest BCUT2D eigenvalue weighted by Crippen LogP contribution is 2.40. The lowest BCUT2D eigenvalue weighted by molar-refractivity contribution is -0.149. The lowest BCUT2D eigenvalue weighted by Gasteiger charge is -2.15. The number of rotatable bonds is 3. The molecule has 4 heteroatoms. The molecule has 0 bridgehead atoms. The number of benzene rings is 1. The number of ether oxygens (including phenoxy) is 2. The molecule has 0 radical (unpaired) electrons. The summed E-state index contributed by atoms with van der Waals surface area (Å²) < 4.78 is 10.2. The van der Waals surface area contributed by atoms with E-state index in [0.29, 0.717) is 5.75 Å². The van der Waals surface area contributed by atoms with E-state index in [1.165, 1.54) is 14.0 Å². The largest absolute Gasteiger partial charge is 0.478 e. The van der Waals surface area contributed by atoms with Crippen molar-refractivity contribution < 1.29 is 19.1 Å². The summed E-state index contributed by atoms with van der Waals surface area (Å²) in [5.74, 6) is 0.0157. The fraction of sp³-hybridized carbons (Fsp3) is 0.385. The van der Waals surface area contributed by atoms with Crippen LogP contribution in [0.1, 0.15) is 24.8 Å². The predicted octanol–water partition coefficient (Wildman–Crippen LogP) is 1.68. The van der Waals surface area contributed by atoms with Gasteiger partial charge in [0.15, 0.2) is 0 Å². The minimum atomic E-state index is -0.707. The Balaban J connectivity index is 2.33. The summed E-state index contributed by atoms with van der Waals surface area (Å²) in [6.45, 7) is 1.51. The van der Waals surface area contributed by atoms with Crippen molar-refractivity contribution in [2.24, 2.45) is 0 Å². The van der Waals surface area contributed by atoms with Gasteiger partial charge in [-0.3, -0.25) is 0 Å². The van der Waals surface area contributed by atoms with E-state index < -0.39 is 12.1 Å². The molecule has 0 N–H and O–H groups in total. The van der Waals surface area contributed by atoms with Crippen molar-refractivity contribution in [2.45, 2.75) is 25.4 Å². The van der Waals surface area contributed by atoms with E-state index in [9.17, 15) is 9.59 Å². The molecule has 0 spiro atoms. The average molecular weight is 234 g/mol. The Morgan fingerprint density at radius 2 is 2.06 bits per heavy atom. The van der Waals surface area contributed by atoms with E-state index in [-0.39, 0.29) is 18.1 Å². The van der Waals surface area contributed by atoms with Crippen LogP contribution in [0.4, 0.5) is 0 Å². The Bertz CT molecular complexity index is 452. The molecule has 1 aromatic rings. The van der Waals surface area contributed by atoms with E-state index in [0.717, 1.165) is 5.56 Å². The average Bonchev–Trinajstić information content (AvgIpc) is 2.67. The summed E-state index contributed by atoms with van der Waals surface area (Å²) in [4.78, 5) is 22.9. The monoisotopic (exact) mass is 234 g/mol. The second-order valence-corrected chi connectivity index (χ2v) is 4.11. The topological polar surface area (TPSA) is 52.6 Å². The van der Waals surface area contributed by atoms with Gasteiger partial charge in [0.2, 0.25) is 6.10 Å². The van der Waals surface area contributed by atoms with Gasteiger partial charge in [-0.15, -0.1) is 0 Å². The normalized spacial score (nSPS) is 21.5. The van der Waals surface area contributed by atoms with Crippen LogP contribution in [0.2, 0.25) is 0 Å². The molecule has 1 aliphatic rings. The van der Waals surface area contributed by atoms with E-state index in [1.807, 2.05) is 18.2 Å². The maximum Gasteiger partial charge on any atom is 0.347 e. The highest BCUT2D eigenvalue weighted by Gasteiger charge is 2.40. The van der Waals surface area contributed by atoms with Crippen LogP contribution < -0.4 is 4.74 Å². The summed E-state index contributed by atoms with van der Waals surface area (Å²) in [5, 5.41) is 0. The van der Waals surface area contributed by atoms with Crippen LogP contribution >= 0.6 is 0 Å². The number of esters is 1. The maximum absolute atomic E-state index is 11.6. The summed E-state index contributed by atoms with van der Waals surface area (Å²) in [5.41, 5.74) is 0.901. The molecule has 0 aromatic heterocycles. The first-order chi connectivity index (χ1) is 8.13. The summed E-state index contributed by atoms with van der Waals surface area (Å²) >= 11 is 0. The number of hydrogen-bond donors (Lipinski definition) is 0. The lowest BCUT2D eigenvalue weighted by atomic mass is 9.91. The van der Waals surface area contributed by atoms with Crippen molar-refractivity contribution >= 4 is 11.8 Å². The predicted molar refractivity (Wildman–Crippen MR) is 60.9 cm³/mol. The molecular weight excluding hydrogens is 220 g/mol. The minimum Gasteiger partial charge on any atom is -0.478 e. The maximum atomic E-state index is 11.6. The van der Waals surface area contributed by atoms with Gasteiger partial charge in [-0.25, -0.2) is 4.79 Å². The van der Waals surface area contributed by atoms with Crippen LogP contribution in [-0.4, -0.2) is 25.0 Å². The summed E-state index contributed by atoms with van der Waals surface area (Å²) in [7, 11) is 1.32. The van der Waals surface area contributed by atoms with Gasteiger partial charge < -0.3 is 14.3 Å². The first kappa shape index (κ1) is 11.6. The van der Waals surface area contributed by atoms with Crippen molar-refractivity contribution in [1.82, 2.24) is 0 Å². The molecule has 4 nitrogen and oxygen atoms in total. The molecule has 1 heterocycles. The first-order valence-corrected chi connectivity index (χ1v) is 5.46. The number of para-hydroxylation sites is 1. The van der Waals surface area contributed by atoms with Crippen LogP contribution in [0.3, 0.4) is 0 Å². The second kappa shape index (κ2) is 4.57. The molecule has 2 rings (SSSR count). The Labute approximate surface area is 99.5 Å². The van der Waals surface area contributed by atoms with Crippen LogP contribution in [0, 0.1) is 0 Å². The molecule has 0 unspecified atom stereocenters. The molecule has 0 amide bonds. The molecule has 0 aliphatic carbocycles. The number of methoxy groups -OCH3 is 1. The van der Waals surface area contributed by atoms with Gasteiger partial charge in [-0.2, -0.15) is 0 Å². The van der Waals surface area contributed by atoms with E-state index in [2.05, 4.69) is 0 Å². The smallest absolute Gasteiger partial charge is 0.347 e. The highest BCUT2D eigenvalue weighted by molar-refractivity contribution is 5.82. The van der Waals surface area contributed by atoms with E-state index in [1.54, 1.807) is 6.07 Å². The number of carbonyl (C=O) groups is 2. The Morgan fingerprint density at radius 3 is 2.71 bits per heavy atom.